The molecule has 0 bridgehead atoms. The van der Waals surface area contributed by atoms with Gasteiger partial charge in [-0.25, -0.2) is 9.97 Å². The van der Waals surface area contributed by atoms with Crippen molar-refractivity contribution in [2.75, 3.05) is 5.73 Å². The van der Waals surface area contributed by atoms with Crippen molar-refractivity contribution in [3.05, 3.63) is 53.2 Å². The lowest BCUT2D eigenvalue weighted by atomic mass is 10.1. The van der Waals surface area contributed by atoms with Gasteiger partial charge in [0.25, 0.3) is 0 Å². The summed E-state index contributed by atoms with van der Waals surface area (Å²) in [5.74, 6) is 0.528. The Morgan fingerprint density at radius 3 is 2.84 bits per heavy atom. The molecule has 0 saturated heterocycles. The zero-order valence-corrected chi connectivity index (χ0v) is 11.3. The monoisotopic (exact) mass is 270 g/mol. The summed E-state index contributed by atoms with van der Waals surface area (Å²) >= 11 is 1.71. The molecule has 3 aromatic rings. The number of nitrogen functional groups attached to an aromatic ring is 1. The number of hydrogen-bond donors (Lipinski definition) is 1. The van der Waals surface area contributed by atoms with Crippen LogP contribution in [0.2, 0.25) is 0 Å². The molecule has 0 aliphatic rings. The standard InChI is InChI=1S/C14H14N4S/c1-10(12-4-5-19-8-12)18-9-16-7-13(18)11-2-3-14(15)17-6-11/h2-10H,1H3,(H2,15,17). The molecule has 0 aliphatic heterocycles. The molecule has 1 atom stereocenters. The first kappa shape index (κ1) is 11.9. The van der Waals surface area contributed by atoms with Crippen LogP contribution >= 0.6 is 11.3 Å². The summed E-state index contributed by atoms with van der Waals surface area (Å²) in [4.78, 5) is 8.40. The predicted octanol–water partition coefficient (Wildman–Crippen LogP) is 3.20. The number of rotatable bonds is 3. The van der Waals surface area contributed by atoms with Crippen molar-refractivity contribution in [2.24, 2.45) is 0 Å². The van der Waals surface area contributed by atoms with Gasteiger partial charge in [0.05, 0.1) is 24.3 Å². The van der Waals surface area contributed by atoms with Crippen LogP contribution in [-0.4, -0.2) is 14.5 Å². The number of anilines is 1. The zero-order chi connectivity index (χ0) is 13.2. The van der Waals surface area contributed by atoms with Crippen LogP contribution in [0.5, 0.6) is 0 Å². The number of nitrogens with zero attached hydrogens (tertiary/aromatic N) is 3. The lowest BCUT2D eigenvalue weighted by molar-refractivity contribution is 0.646. The van der Waals surface area contributed by atoms with Crippen LogP contribution in [0.3, 0.4) is 0 Å². The molecule has 5 heteroatoms. The first-order chi connectivity index (χ1) is 9.25. The van der Waals surface area contributed by atoms with Gasteiger partial charge in [-0.3, -0.25) is 0 Å². The molecule has 3 heterocycles. The van der Waals surface area contributed by atoms with Gasteiger partial charge < -0.3 is 10.3 Å². The summed E-state index contributed by atoms with van der Waals surface area (Å²) in [6, 6.07) is 6.17. The quantitative estimate of drug-likeness (QED) is 0.795. The molecule has 0 amide bonds. The Labute approximate surface area is 115 Å². The molecule has 4 nitrogen and oxygen atoms in total. The summed E-state index contributed by atoms with van der Waals surface area (Å²) in [6.45, 7) is 2.16. The van der Waals surface area contributed by atoms with Crippen LogP contribution in [0.15, 0.2) is 47.7 Å². The largest absolute Gasteiger partial charge is 0.384 e. The molecule has 3 rings (SSSR count). The van der Waals surface area contributed by atoms with E-state index in [0.29, 0.717) is 5.82 Å². The van der Waals surface area contributed by atoms with Crippen LogP contribution < -0.4 is 5.73 Å². The van der Waals surface area contributed by atoms with E-state index in [1.807, 2.05) is 24.7 Å². The smallest absolute Gasteiger partial charge is 0.123 e. The lowest BCUT2D eigenvalue weighted by Crippen LogP contribution is -2.06. The van der Waals surface area contributed by atoms with Crippen molar-refractivity contribution in [2.45, 2.75) is 13.0 Å². The van der Waals surface area contributed by atoms with Gasteiger partial charge in [0, 0.05) is 11.8 Å². The average Bonchev–Trinajstić information content (AvgIpc) is 3.10. The Morgan fingerprint density at radius 2 is 2.16 bits per heavy atom. The fraction of sp³-hybridized carbons (Fsp3) is 0.143. The molecule has 2 N–H and O–H groups in total. The highest BCUT2D eigenvalue weighted by Gasteiger charge is 2.13. The maximum absolute atomic E-state index is 5.62. The molecule has 1 unspecified atom stereocenters. The van der Waals surface area contributed by atoms with Gasteiger partial charge in [-0.15, -0.1) is 0 Å². The highest BCUT2D eigenvalue weighted by atomic mass is 32.1. The van der Waals surface area contributed by atoms with Crippen molar-refractivity contribution in [1.29, 1.82) is 0 Å². The molecular formula is C14H14N4S. The van der Waals surface area contributed by atoms with Gasteiger partial charge in [-0.05, 0) is 41.4 Å². The molecule has 3 aromatic heterocycles. The van der Waals surface area contributed by atoms with Crippen LogP contribution in [-0.2, 0) is 0 Å². The van der Waals surface area contributed by atoms with Crippen molar-refractivity contribution in [3.63, 3.8) is 0 Å². The Bertz CT molecular complexity index is 655. The summed E-state index contributed by atoms with van der Waals surface area (Å²) < 4.78 is 2.15. The second-order valence-electron chi connectivity index (χ2n) is 4.39. The topological polar surface area (TPSA) is 56.7 Å². The predicted molar refractivity (Wildman–Crippen MR) is 78.0 cm³/mol. The van der Waals surface area contributed by atoms with Gasteiger partial charge in [-0.1, -0.05) is 0 Å². The first-order valence-electron chi connectivity index (χ1n) is 6.01. The third-order valence-electron chi connectivity index (χ3n) is 3.19. The van der Waals surface area contributed by atoms with Gasteiger partial charge in [-0.2, -0.15) is 11.3 Å². The number of thiophene rings is 1. The van der Waals surface area contributed by atoms with E-state index >= 15 is 0 Å². The third-order valence-corrected chi connectivity index (χ3v) is 3.89. The number of hydrogen-bond acceptors (Lipinski definition) is 4. The fourth-order valence-electron chi connectivity index (χ4n) is 2.07. The number of aromatic nitrogens is 3. The molecular weight excluding hydrogens is 256 g/mol. The SMILES string of the molecule is CC(c1ccsc1)n1cncc1-c1ccc(N)nc1. The summed E-state index contributed by atoms with van der Waals surface area (Å²) in [5, 5.41) is 4.25. The number of pyridine rings is 1. The summed E-state index contributed by atoms with van der Waals surface area (Å²) in [5.41, 5.74) is 8.98. The fourth-order valence-corrected chi connectivity index (χ4v) is 2.81. The molecule has 0 aliphatic carbocycles. The van der Waals surface area contributed by atoms with E-state index in [2.05, 4.69) is 38.3 Å². The summed E-state index contributed by atoms with van der Waals surface area (Å²) in [6.07, 6.45) is 5.49. The molecule has 19 heavy (non-hydrogen) atoms. The third kappa shape index (κ3) is 2.24. The van der Waals surface area contributed by atoms with E-state index in [0.717, 1.165) is 11.3 Å². The average molecular weight is 270 g/mol. The minimum Gasteiger partial charge on any atom is -0.384 e. The second-order valence-corrected chi connectivity index (χ2v) is 5.17. The van der Waals surface area contributed by atoms with Gasteiger partial charge >= 0.3 is 0 Å². The molecule has 0 radical (unpaired) electrons. The normalized spacial score (nSPS) is 12.5. The van der Waals surface area contributed by atoms with E-state index in [1.54, 1.807) is 17.5 Å². The van der Waals surface area contributed by atoms with E-state index in [-0.39, 0.29) is 6.04 Å². The molecule has 0 spiro atoms. The van der Waals surface area contributed by atoms with E-state index < -0.39 is 0 Å². The van der Waals surface area contributed by atoms with E-state index in [9.17, 15) is 0 Å². The van der Waals surface area contributed by atoms with Crippen molar-refractivity contribution in [3.8, 4) is 11.3 Å². The lowest BCUT2D eigenvalue weighted by Gasteiger charge is -2.15. The van der Waals surface area contributed by atoms with E-state index in [4.69, 9.17) is 5.73 Å². The molecule has 0 fully saturated rings. The minimum atomic E-state index is 0.251. The molecule has 0 aromatic carbocycles. The van der Waals surface area contributed by atoms with Gasteiger partial charge in [0.1, 0.15) is 5.82 Å². The van der Waals surface area contributed by atoms with Crippen LogP contribution in [0.4, 0.5) is 5.82 Å². The highest BCUT2D eigenvalue weighted by Crippen LogP contribution is 2.27. The van der Waals surface area contributed by atoms with Crippen LogP contribution in [0.25, 0.3) is 11.3 Å². The molecule has 96 valence electrons. The Kier molecular flexibility index (Phi) is 3.05. The van der Waals surface area contributed by atoms with Gasteiger partial charge in [0.15, 0.2) is 0 Å². The van der Waals surface area contributed by atoms with Crippen LogP contribution in [0.1, 0.15) is 18.5 Å². The van der Waals surface area contributed by atoms with E-state index in [1.165, 1.54) is 5.56 Å². The zero-order valence-electron chi connectivity index (χ0n) is 10.5. The Balaban J connectivity index is 2.01. The maximum atomic E-state index is 5.62. The van der Waals surface area contributed by atoms with Crippen molar-refractivity contribution < 1.29 is 0 Å². The summed E-state index contributed by atoms with van der Waals surface area (Å²) in [7, 11) is 0. The highest BCUT2D eigenvalue weighted by molar-refractivity contribution is 7.07. The minimum absolute atomic E-state index is 0.251. The van der Waals surface area contributed by atoms with Crippen LogP contribution in [0, 0.1) is 0 Å². The number of nitrogens with two attached hydrogens (primary N) is 1. The van der Waals surface area contributed by atoms with Crippen molar-refractivity contribution in [1.82, 2.24) is 14.5 Å². The number of imidazole rings is 1. The van der Waals surface area contributed by atoms with Crippen molar-refractivity contribution >= 4 is 17.2 Å². The molecule has 0 saturated carbocycles. The second kappa shape index (κ2) is 4.85. The Hall–Kier alpha value is -2.14. The maximum Gasteiger partial charge on any atom is 0.123 e. The first-order valence-corrected chi connectivity index (χ1v) is 6.96. The Morgan fingerprint density at radius 1 is 1.26 bits per heavy atom. The van der Waals surface area contributed by atoms with Gasteiger partial charge in [0.2, 0.25) is 0 Å².